The first-order valence-electron chi connectivity index (χ1n) is 8.30. The number of nitrogens with one attached hydrogen (secondary N) is 1. The zero-order valence-corrected chi connectivity index (χ0v) is 16.1. The van der Waals surface area contributed by atoms with E-state index in [9.17, 15) is 4.79 Å². The molecule has 6 heteroatoms. The fraction of sp³-hybridized carbons (Fsp3) is 0.0476. The van der Waals surface area contributed by atoms with Gasteiger partial charge in [0, 0.05) is 5.56 Å². The average Bonchev–Trinajstić information content (AvgIpc) is 3.39. The fourth-order valence-electron chi connectivity index (χ4n) is 2.67. The summed E-state index contributed by atoms with van der Waals surface area (Å²) in [5, 5.41) is 5.39. The summed E-state index contributed by atoms with van der Waals surface area (Å²) < 4.78 is 5.25. The van der Waals surface area contributed by atoms with Crippen molar-refractivity contribution in [2.45, 2.75) is 0 Å². The Kier molecular flexibility index (Phi) is 5.00. The van der Waals surface area contributed by atoms with Crippen LogP contribution in [0.5, 0.6) is 5.75 Å². The van der Waals surface area contributed by atoms with E-state index in [0.29, 0.717) is 10.0 Å². The number of thiophene rings is 1. The largest absolute Gasteiger partial charge is 0.497 e. The standard InChI is InChI=1S/C21H16N2O2S2/c1-25-16-11-9-15(10-12-16)19-18(14-6-3-2-4-7-14)22-21(27-19)23-20(24)17-8-5-13-26-17/h2-13H,1H3,(H,22,23,24). The number of amides is 1. The first-order chi connectivity index (χ1) is 13.2. The Morgan fingerprint density at radius 3 is 2.41 bits per heavy atom. The predicted octanol–water partition coefficient (Wildman–Crippen LogP) is 5.80. The maximum absolute atomic E-state index is 12.4. The van der Waals surface area contributed by atoms with Gasteiger partial charge in [0.2, 0.25) is 0 Å². The molecule has 0 aliphatic heterocycles. The molecule has 4 nitrogen and oxygen atoms in total. The van der Waals surface area contributed by atoms with E-state index < -0.39 is 0 Å². The van der Waals surface area contributed by atoms with Gasteiger partial charge in [-0.2, -0.15) is 0 Å². The molecule has 4 aromatic rings. The van der Waals surface area contributed by atoms with Gasteiger partial charge in [-0.1, -0.05) is 47.7 Å². The summed E-state index contributed by atoms with van der Waals surface area (Å²) in [4.78, 5) is 18.8. The topological polar surface area (TPSA) is 51.2 Å². The summed E-state index contributed by atoms with van der Waals surface area (Å²) in [5.41, 5.74) is 2.90. The van der Waals surface area contributed by atoms with E-state index in [1.807, 2.05) is 66.0 Å². The Morgan fingerprint density at radius 2 is 1.74 bits per heavy atom. The third-order valence-corrected chi connectivity index (χ3v) is 5.88. The Hall–Kier alpha value is -2.96. The highest BCUT2D eigenvalue weighted by molar-refractivity contribution is 7.19. The second kappa shape index (κ2) is 7.73. The minimum Gasteiger partial charge on any atom is -0.497 e. The van der Waals surface area contributed by atoms with Crippen molar-refractivity contribution in [2.75, 3.05) is 12.4 Å². The van der Waals surface area contributed by atoms with E-state index in [1.54, 1.807) is 13.2 Å². The lowest BCUT2D eigenvalue weighted by atomic mass is 10.1. The molecular formula is C21H16N2O2S2. The van der Waals surface area contributed by atoms with Crippen LogP contribution in [0.4, 0.5) is 5.13 Å². The smallest absolute Gasteiger partial charge is 0.267 e. The molecule has 0 bridgehead atoms. The van der Waals surface area contributed by atoms with E-state index in [4.69, 9.17) is 9.72 Å². The zero-order chi connectivity index (χ0) is 18.6. The molecule has 0 radical (unpaired) electrons. The van der Waals surface area contributed by atoms with Crippen LogP contribution >= 0.6 is 22.7 Å². The number of carbonyl (C=O) groups excluding carboxylic acids is 1. The van der Waals surface area contributed by atoms with Crippen LogP contribution in [0, 0.1) is 0 Å². The zero-order valence-electron chi connectivity index (χ0n) is 14.5. The molecule has 1 amide bonds. The molecule has 0 aliphatic carbocycles. The number of hydrogen-bond donors (Lipinski definition) is 1. The Morgan fingerprint density at radius 1 is 0.963 bits per heavy atom. The number of ether oxygens (including phenoxy) is 1. The number of hydrogen-bond acceptors (Lipinski definition) is 5. The second-order valence-electron chi connectivity index (χ2n) is 5.72. The summed E-state index contributed by atoms with van der Waals surface area (Å²) in [6, 6.07) is 21.5. The molecule has 0 saturated carbocycles. The SMILES string of the molecule is COc1ccc(-c2sc(NC(=O)c3cccs3)nc2-c2ccccc2)cc1. The monoisotopic (exact) mass is 392 g/mol. The van der Waals surface area contributed by atoms with Crippen molar-refractivity contribution in [3.05, 3.63) is 77.0 Å². The minimum atomic E-state index is -0.139. The summed E-state index contributed by atoms with van der Waals surface area (Å²) >= 11 is 2.88. The Bertz CT molecular complexity index is 1040. The average molecular weight is 393 g/mol. The van der Waals surface area contributed by atoms with Crippen molar-refractivity contribution in [1.29, 1.82) is 0 Å². The molecule has 0 saturated heterocycles. The molecule has 0 fully saturated rings. The van der Waals surface area contributed by atoms with Crippen LogP contribution in [0.2, 0.25) is 0 Å². The molecule has 0 unspecified atom stereocenters. The Labute approximate surface area is 165 Å². The first kappa shape index (κ1) is 17.5. The van der Waals surface area contributed by atoms with Gasteiger partial charge in [0.1, 0.15) is 5.75 Å². The van der Waals surface area contributed by atoms with E-state index in [0.717, 1.165) is 27.4 Å². The molecule has 2 aromatic carbocycles. The van der Waals surface area contributed by atoms with Gasteiger partial charge in [0.05, 0.1) is 22.6 Å². The maximum Gasteiger partial charge on any atom is 0.267 e. The molecule has 2 heterocycles. The van der Waals surface area contributed by atoms with Gasteiger partial charge in [-0.25, -0.2) is 4.98 Å². The quantitative estimate of drug-likeness (QED) is 0.467. The number of methoxy groups -OCH3 is 1. The molecule has 2 aromatic heterocycles. The van der Waals surface area contributed by atoms with Crippen LogP contribution in [0.1, 0.15) is 9.67 Å². The molecule has 4 rings (SSSR count). The van der Waals surface area contributed by atoms with E-state index in [-0.39, 0.29) is 5.91 Å². The molecule has 134 valence electrons. The minimum absolute atomic E-state index is 0.139. The number of aromatic nitrogens is 1. The normalized spacial score (nSPS) is 10.6. The molecule has 0 spiro atoms. The van der Waals surface area contributed by atoms with E-state index >= 15 is 0 Å². The molecule has 0 atom stereocenters. The van der Waals surface area contributed by atoms with Gasteiger partial charge in [0.15, 0.2) is 5.13 Å². The van der Waals surface area contributed by atoms with Crippen molar-refractivity contribution in [3.63, 3.8) is 0 Å². The van der Waals surface area contributed by atoms with Crippen molar-refractivity contribution >= 4 is 33.7 Å². The number of anilines is 1. The highest BCUT2D eigenvalue weighted by atomic mass is 32.1. The van der Waals surface area contributed by atoms with Crippen molar-refractivity contribution in [3.8, 4) is 27.4 Å². The van der Waals surface area contributed by atoms with Crippen LogP contribution in [-0.2, 0) is 0 Å². The van der Waals surface area contributed by atoms with Crippen molar-refractivity contribution in [1.82, 2.24) is 4.98 Å². The number of carbonyl (C=O) groups is 1. The predicted molar refractivity (Wildman–Crippen MR) is 112 cm³/mol. The van der Waals surface area contributed by atoms with Crippen LogP contribution < -0.4 is 10.1 Å². The second-order valence-corrected chi connectivity index (χ2v) is 7.67. The number of nitrogens with zero attached hydrogens (tertiary/aromatic N) is 1. The van der Waals surface area contributed by atoms with Crippen LogP contribution in [0.15, 0.2) is 72.1 Å². The number of benzene rings is 2. The maximum atomic E-state index is 12.4. The van der Waals surface area contributed by atoms with Crippen LogP contribution in [0.3, 0.4) is 0 Å². The van der Waals surface area contributed by atoms with Gasteiger partial charge < -0.3 is 4.74 Å². The third-order valence-electron chi connectivity index (χ3n) is 3.99. The summed E-state index contributed by atoms with van der Waals surface area (Å²) in [6.07, 6.45) is 0. The summed E-state index contributed by atoms with van der Waals surface area (Å²) in [6.45, 7) is 0. The summed E-state index contributed by atoms with van der Waals surface area (Å²) in [7, 11) is 1.65. The van der Waals surface area contributed by atoms with E-state index in [1.165, 1.54) is 22.7 Å². The molecule has 0 aliphatic rings. The van der Waals surface area contributed by atoms with Gasteiger partial charge in [0.25, 0.3) is 5.91 Å². The Balaban J connectivity index is 1.73. The van der Waals surface area contributed by atoms with Gasteiger partial charge in [-0.05, 0) is 41.3 Å². The van der Waals surface area contributed by atoms with Gasteiger partial charge >= 0.3 is 0 Å². The highest BCUT2D eigenvalue weighted by Gasteiger charge is 2.17. The molecule has 1 N–H and O–H groups in total. The van der Waals surface area contributed by atoms with Crippen molar-refractivity contribution < 1.29 is 9.53 Å². The lowest BCUT2D eigenvalue weighted by Crippen LogP contribution is -2.09. The first-order valence-corrected chi connectivity index (χ1v) is 10.00. The van der Waals surface area contributed by atoms with Crippen molar-refractivity contribution in [2.24, 2.45) is 0 Å². The van der Waals surface area contributed by atoms with E-state index in [2.05, 4.69) is 5.32 Å². The fourth-order valence-corrected chi connectivity index (χ4v) is 4.28. The number of thiazole rings is 1. The van der Waals surface area contributed by atoms with Crippen LogP contribution in [-0.4, -0.2) is 18.0 Å². The summed E-state index contributed by atoms with van der Waals surface area (Å²) in [5.74, 6) is 0.662. The number of rotatable bonds is 5. The lowest BCUT2D eigenvalue weighted by molar-refractivity contribution is 0.103. The van der Waals surface area contributed by atoms with Crippen LogP contribution in [0.25, 0.3) is 21.7 Å². The molecule has 27 heavy (non-hydrogen) atoms. The molecular weight excluding hydrogens is 376 g/mol. The lowest BCUT2D eigenvalue weighted by Gasteiger charge is -2.04. The van der Waals surface area contributed by atoms with Gasteiger partial charge in [-0.3, -0.25) is 10.1 Å². The van der Waals surface area contributed by atoms with Gasteiger partial charge in [-0.15, -0.1) is 11.3 Å². The third kappa shape index (κ3) is 3.77. The highest BCUT2D eigenvalue weighted by Crippen LogP contribution is 2.39.